The molecule has 1 heterocycles. The van der Waals surface area contributed by atoms with E-state index in [2.05, 4.69) is 10.4 Å². The van der Waals surface area contributed by atoms with Gasteiger partial charge in [-0.15, -0.1) is 0 Å². The highest BCUT2D eigenvalue weighted by Crippen LogP contribution is 2.25. The van der Waals surface area contributed by atoms with Gasteiger partial charge in [0, 0.05) is 24.1 Å². The van der Waals surface area contributed by atoms with E-state index in [-0.39, 0.29) is 17.9 Å². The first-order valence-electron chi connectivity index (χ1n) is 6.90. The number of nitrogens with two attached hydrogens (primary N) is 1. The number of benzene rings is 1. The number of carbonyl (C=O) groups excluding carboxylic acids is 1. The lowest BCUT2D eigenvalue weighted by Crippen LogP contribution is -2.34. The van der Waals surface area contributed by atoms with Crippen molar-refractivity contribution in [2.75, 3.05) is 5.32 Å². The van der Waals surface area contributed by atoms with Gasteiger partial charge in [0.05, 0.1) is 11.6 Å². The number of nitrogens with one attached hydrogen (secondary N) is 1. The monoisotopic (exact) mass is 270 g/mol. The lowest BCUT2D eigenvalue weighted by atomic mass is 10.0. The average Bonchev–Trinajstić information content (AvgIpc) is 3.09. The Bertz CT molecular complexity index is 594. The van der Waals surface area contributed by atoms with Gasteiger partial charge in [0.2, 0.25) is 5.91 Å². The maximum Gasteiger partial charge on any atom is 0.229 e. The van der Waals surface area contributed by atoms with Gasteiger partial charge >= 0.3 is 0 Å². The second-order valence-corrected chi connectivity index (χ2v) is 5.19. The predicted octanol–water partition coefficient (Wildman–Crippen LogP) is 1.94. The molecular weight excluding hydrogens is 252 g/mol. The van der Waals surface area contributed by atoms with Crippen LogP contribution in [-0.4, -0.2) is 21.7 Å². The molecule has 0 spiro atoms. The predicted molar refractivity (Wildman–Crippen MR) is 77.5 cm³/mol. The molecule has 1 aliphatic carbocycles. The zero-order valence-electron chi connectivity index (χ0n) is 11.2. The Morgan fingerprint density at radius 1 is 1.35 bits per heavy atom. The minimum atomic E-state index is -0.0663. The molecule has 1 aliphatic rings. The van der Waals surface area contributed by atoms with E-state index in [0.29, 0.717) is 0 Å². The number of hydrogen-bond acceptors (Lipinski definition) is 3. The lowest BCUT2D eigenvalue weighted by molar-refractivity contribution is -0.120. The van der Waals surface area contributed by atoms with Gasteiger partial charge in [-0.3, -0.25) is 4.79 Å². The summed E-state index contributed by atoms with van der Waals surface area (Å²) in [6.07, 6.45) is 6.44. The summed E-state index contributed by atoms with van der Waals surface area (Å²) in [5.41, 5.74) is 7.67. The Kier molecular flexibility index (Phi) is 3.52. The molecule has 5 heteroatoms. The molecule has 1 saturated carbocycles. The fourth-order valence-corrected chi connectivity index (χ4v) is 2.70. The van der Waals surface area contributed by atoms with Gasteiger partial charge in [-0.1, -0.05) is 12.5 Å². The van der Waals surface area contributed by atoms with Gasteiger partial charge in [-0.05, 0) is 37.1 Å². The fourth-order valence-electron chi connectivity index (χ4n) is 2.70. The van der Waals surface area contributed by atoms with Crippen LogP contribution in [0, 0.1) is 5.92 Å². The molecule has 20 heavy (non-hydrogen) atoms. The van der Waals surface area contributed by atoms with Crippen LogP contribution in [0.2, 0.25) is 0 Å². The SMILES string of the molecule is NC1CCCC1C(=O)Nc1cccc(-n2cccn2)c1. The van der Waals surface area contributed by atoms with Crippen LogP contribution >= 0.6 is 0 Å². The quantitative estimate of drug-likeness (QED) is 0.895. The van der Waals surface area contributed by atoms with Crippen molar-refractivity contribution in [1.82, 2.24) is 9.78 Å². The molecule has 0 bridgehead atoms. The Balaban J connectivity index is 1.74. The summed E-state index contributed by atoms with van der Waals surface area (Å²) in [6, 6.07) is 9.49. The van der Waals surface area contributed by atoms with Crippen LogP contribution in [-0.2, 0) is 4.79 Å². The summed E-state index contributed by atoms with van der Waals surface area (Å²) in [6.45, 7) is 0. The summed E-state index contributed by atoms with van der Waals surface area (Å²) < 4.78 is 1.76. The van der Waals surface area contributed by atoms with Crippen LogP contribution in [0.15, 0.2) is 42.7 Å². The summed E-state index contributed by atoms with van der Waals surface area (Å²) in [5, 5.41) is 7.14. The summed E-state index contributed by atoms with van der Waals surface area (Å²) in [5.74, 6) is -0.0454. The van der Waals surface area contributed by atoms with Crippen LogP contribution in [0.3, 0.4) is 0 Å². The molecule has 0 saturated heterocycles. The van der Waals surface area contributed by atoms with E-state index in [1.165, 1.54) is 0 Å². The zero-order chi connectivity index (χ0) is 13.9. The molecule has 104 valence electrons. The fraction of sp³-hybridized carbons (Fsp3) is 0.333. The Hall–Kier alpha value is -2.14. The number of nitrogens with zero attached hydrogens (tertiary/aromatic N) is 2. The van der Waals surface area contributed by atoms with Crippen molar-refractivity contribution in [1.29, 1.82) is 0 Å². The minimum absolute atomic E-state index is 0.00991. The third-order valence-electron chi connectivity index (χ3n) is 3.79. The van der Waals surface area contributed by atoms with Crippen molar-refractivity contribution in [3.05, 3.63) is 42.7 Å². The first-order valence-corrected chi connectivity index (χ1v) is 6.90. The molecule has 0 aliphatic heterocycles. The summed E-state index contributed by atoms with van der Waals surface area (Å²) in [7, 11) is 0. The number of carbonyl (C=O) groups is 1. The van der Waals surface area contributed by atoms with E-state index >= 15 is 0 Å². The Morgan fingerprint density at radius 2 is 2.25 bits per heavy atom. The zero-order valence-corrected chi connectivity index (χ0v) is 11.2. The standard InChI is InChI=1S/C15H18N4O/c16-14-7-2-6-13(14)15(20)18-11-4-1-5-12(10-11)19-9-3-8-17-19/h1,3-5,8-10,13-14H,2,6-7,16H2,(H,18,20). The maximum atomic E-state index is 12.2. The third-order valence-corrected chi connectivity index (χ3v) is 3.79. The summed E-state index contributed by atoms with van der Waals surface area (Å²) in [4.78, 5) is 12.2. The van der Waals surface area contributed by atoms with Gasteiger partial charge in [-0.2, -0.15) is 5.10 Å². The molecule has 5 nitrogen and oxygen atoms in total. The van der Waals surface area contributed by atoms with Crippen molar-refractivity contribution in [2.45, 2.75) is 25.3 Å². The molecule has 3 N–H and O–H groups in total. The minimum Gasteiger partial charge on any atom is -0.327 e. The van der Waals surface area contributed by atoms with Crippen molar-refractivity contribution in [3.8, 4) is 5.69 Å². The topological polar surface area (TPSA) is 72.9 Å². The second-order valence-electron chi connectivity index (χ2n) is 5.19. The van der Waals surface area contributed by atoms with E-state index in [9.17, 15) is 4.79 Å². The van der Waals surface area contributed by atoms with Crippen molar-refractivity contribution < 1.29 is 4.79 Å². The van der Waals surface area contributed by atoms with E-state index in [0.717, 1.165) is 30.6 Å². The maximum absolute atomic E-state index is 12.2. The van der Waals surface area contributed by atoms with Gasteiger partial charge in [0.15, 0.2) is 0 Å². The molecule has 0 radical (unpaired) electrons. The molecular formula is C15H18N4O. The van der Waals surface area contributed by atoms with E-state index in [1.54, 1.807) is 10.9 Å². The van der Waals surface area contributed by atoms with Gasteiger partial charge in [-0.25, -0.2) is 4.68 Å². The van der Waals surface area contributed by atoms with E-state index in [4.69, 9.17) is 5.73 Å². The van der Waals surface area contributed by atoms with Crippen molar-refractivity contribution in [2.24, 2.45) is 11.7 Å². The van der Waals surface area contributed by atoms with Crippen molar-refractivity contribution in [3.63, 3.8) is 0 Å². The number of amides is 1. The molecule has 3 rings (SSSR count). The lowest BCUT2D eigenvalue weighted by Gasteiger charge is -2.15. The van der Waals surface area contributed by atoms with Gasteiger partial charge in [0.25, 0.3) is 0 Å². The van der Waals surface area contributed by atoms with Gasteiger partial charge in [0.1, 0.15) is 0 Å². The molecule has 1 aromatic heterocycles. The smallest absolute Gasteiger partial charge is 0.229 e. The van der Waals surface area contributed by atoms with Crippen molar-refractivity contribution >= 4 is 11.6 Å². The Morgan fingerprint density at radius 3 is 2.95 bits per heavy atom. The van der Waals surface area contributed by atoms with Crippen LogP contribution in [0.1, 0.15) is 19.3 Å². The van der Waals surface area contributed by atoms with Crippen LogP contribution in [0.5, 0.6) is 0 Å². The molecule has 1 amide bonds. The highest BCUT2D eigenvalue weighted by molar-refractivity contribution is 5.93. The van der Waals surface area contributed by atoms with Crippen LogP contribution in [0.4, 0.5) is 5.69 Å². The van der Waals surface area contributed by atoms with Gasteiger partial charge < -0.3 is 11.1 Å². The summed E-state index contributed by atoms with van der Waals surface area (Å²) >= 11 is 0. The first-order chi connectivity index (χ1) is 9.74. The molecule has 1 fully saturated rings. The molecule has 2 aromatic rings. The highest BCUT2D eigenvalue weighted by Gasteiger charge is 2.30. The largest absolute Gasteiger partial charge is 0.327 e. The molecule has 2 unspecified atom stereocenters. The normalized spacial score (nSPS) is 21.9. The number of anilines is 1. The second kappa shape index (κ2) is 5.46. The van der Waals surface area contributed by atoms with Crippen LogP contribution < -0.4 is 11.1 Å². The number of rotatable bonds is 3. The van der Waals surface area contributed by atoms with E-state index in [1.807, 2.05) is 36.5 Å². The molecule has 2 atom stereocenters. The molecule has 1 aromatic carbocycles. The Labute approximate surface area is 117 Å². The first kappa shape index (κ1) is 12.9. The van der Waals surface area contributed by atoms with Crippen LogP contribution in [0.25, 0.3) is 5.69 Å². The van der Waals surface area contributed by atoms with E-state index < -0.39 is 0 Å². The highest BCUT2D eigenvalue weighted by atomic mass is 16.1. The number of aromatic nitrogens is 2. The third kappa shape index (κ3) is 2.58. The average molecular weight is 270 g/mol. The number of hydrogen-bond donors (Lipinski definition) is 2.